The molecule has 2 aromatic heterocycles. The maximum atomic E-state index is 12.6. The van der Waals surface area contributed by atoms with Crippen LogP contribution in [0.3, 0.4) is 0 Å². The van der Waals surface area contributed by atoms with Crippen molar-refractivity contribution in [1.82, 2.24) is 19.2 Å². The van der Waals surface area contributed by atoms with Crippen molar-refractivity contribution in [3.63, 3.8) is 0 Å². The van der Waals surface area contributed by atoms with Crippen molar-refractivity contribution >= 4 is 12.0 Å². The number of carbonyl (C=O) groups is 1. The topological polar surface area (TPSA) is 43.1 Å². The van der Waals surface area contributed by atoms with Crippen LogP contribution in [0, 0.1) is 0 Å². The van der Waals surface area contributed by atoms with Gasteiger partial charge in [-0.2, -0.15) is 5.10 Å². The fraction of sp³-hybridized carbons (Fsp3) is 0.200. The van der Waals surface area contributed by atoms with Gasteiger partial charge in [0, 0.05) is 42.8 Å². The molecule has 1 aliphatic heterocycles. The van der Waals surface area contributed by atoms with Gasteiger partial charge in [0.2, 0.25) is 5.91 Å². The molecule has 4 rings (SSSR count). The number of benzene rings is 1. The first kappa shape index (κ1) is 15.4. The quantitative estimate of drug-likeness (QED) is 0.691. The number of carbonyl (C=O) groups excluding carboxylic acids is 1. The fourth-order valence-corrected chi connectivity index (χ4v) is 3.29. The van der Waals surface area contributed by atoms with E-state index in [2.05, 4.69) is 28.9 Å². The molecule has 3 aromatic rings. The molecule has 1 atom stereocenters. The average molecular weight is 332 g/mol. The Balaban J connectivity index is 1.47. The second kappa shape index (κ2) is 6.43. The zero-order valence-corrected chi connectivity index (χ0v) is 14.1. The summed E-state index contributed by atoms with van der Waals surface area (Å²) in [4.78, 5) is 14.5. The molecule has 0 saturated carbocycles. The summed E-state index contributed by atoms with van der Waals surface area (Å²) < 4.78 is 4.02. The maximum Gasteiger partial charge on any atom is 0.247 e. The van der Waals surface area contributed by atoms with Crippen molar-refractivity contribution in [2.45, 2.75) is 19.5 Å². The van der Waals surface area contributed by atoms with Gasteiger partial charge in [0.25, 0.3) is 0 Å². The lowest BCUT2D eigenvalue weighted by molar-refractivity contribution is -0.129. The van der Waals surface area contributed by atoms with Gasteiger partial charge in [-0.1, -0.05) is 18.2 Å². The van der Waals surface area contributed by atoms with Crippen molar-refractivity contribution in [2.75, 3.05) is 6.54 Å². The van der Waals surface area contributed by atoms with Crippen molar-refractivity contribution in [3.8, 4) is 5.69 Å². The van der Waals surface area contributed by atoms with Gasteiger partial charge in [0.05, 0.1) is 17.9 Å². The number of nitrogens with zero attached hydrogens (tertiary/aromatic N) is 4. The van der Waals surface area contributed by atoms with Gasteiger partial charge >= 0.3 is 0 Å². The lowest BCUT2D eigenvalue weighted by Gasteiger charge is -2.34. The van der Waals surface area contributed by atoms with Gasteiger partial charge in [-0.05, 0) is 37.3 Å². The van der Waals surface area contributed by atoms with Crippen LogP contribution in [0.4, 0.5) is 0 Å². The summed E-state index contributed by atoms with van der Waals surface area (Å²) in [7, 11) is 0. The molecule has 0 spiro atoms. The Labute approximate surface area is 146 Å². The standard InChI is InChI=1S/C20H20N4O/c1-16-19-8-5-11-22(19)12-13-23(16)20(25)10-9-17-14-21-24(15-17)18-6-3-2-4-7-18/h2-11,14-16H,12-13H2,1H3/b10-9+/t16-/m0/s1. The number of fused-ring (bicyclic) bond motifs is 1. The highest BCUT2D eigenvalue weighted by Gasteiger charge is 2.25. The molecule has 25 heavy (non-hydrogen) atoms. The number of hydrogen-bond acceptors (Lipinski definition) is 2. The lowest BCUT2D eigenvalue weighted by Crippen LogP contribution is -2.39. The third-order valence-electron chi connectivity index (χ3n) is 4.67. The third-order valence-corrected chi connectivity index (χ3v) is 4.67. The zero-order valence-electron chi connectivity index (χ0n) is 14.1. The van der Waals surface area contributed by atoms with Gasteiger partial charge in [-0.3, -0.25) is 4.79 Å². The predicted octanol–water partition coefficient (Wildman–Crippen LogP) is 3.29. The van der Waals surface area contributed by atoms with Gasteiger partial charge < -0.3 is 9.47 Å². The molecule has 3 heterocycles. The molecule has 0 saturated heterocycles. The van der Waals surface area contributed by atoms with Crippen molar-refractivity contribution in [3.05, 3.63) is 78.4 Å². The molecule has 0 unspecified atom stereocenters. The van der Waals surface area contributed by atoms with Crippen molar-refractivity contribution < 1.29 is 4.79 Å². The van der Waals surface area contributed by atoms with Gasteiger partial charge in [-0.25, -0.2) is 4.68 Å². The average Bonchev–Trinajstić information content (AvgIpc) is 3.30. The molecular weight excluding hydrogens is 312 g/mol. The SMILES string of the molecule is C[C@H]1c2cccn2CCN1C(=O)/C=C/c1cnn(-c2ccccc2)c1. The van der Waals surface area contributed by atoms with E-state index in [1.165, 1.54) is 5.69 Å². The second-order valence-electron chi connectivity index (χ2n) is 6.22. The van der Waals surface area contributed by atoms with Crippen LogP contribution in [0.1, 0.15) is 24.2 Å². The van der Waals surface area contributed by atoms with Crippen molar-refractivity contribution in [2.24, 2.45) is 0 Å². The Bertz CT molecular complexity index is 907. The van der Waals surface area contributed by atoms with Gasteiger partial charge in [-0.15, -0.1) is 0 Å². The van der Waals surface area contributed by atoms with E-state index in [4.69, 9.17) is 0 Å². The van der Waals surface area contributed by atoms with E-state index in [0.717, 1.165) is 24.3 Å². The highest BCUT2D eigenvalue weighted by atomic mass is 16.2. The normalized spacial score (nSPS) is 17.0. The van der Waals surface area contributed by atoms with Crippen LogP contribution < -0.4 is 0 Å². The van der Waals surface area contributed by atoms with Gasteiger partial charge in [0.15, 0.2) is 0 Å². The lowest BCUT2D eigenvalue weighted by atomic mass is 10.1. The highest BCUT2D eigenvalue weighted by Crippen LogP contribution is 2.25. The highest BCUT2D eigenvalue weighted by molar-refractivity contribution is 5.92. The van der Waals surface area contributed by atoms with Crippen LogP contribution in [-0.4, -0.2) is 31.7 Å². The largest absolute Gasteiger partial charge is 0.348 e. The molecule has 5 heteroatoms. The Morgan fingerprint density at radius 1 is 1.16 bits per heavy atom. The first-order valence-corrected chi connectivity index (χ1v) is 8.46. The summed E-state index contributed by atoms with van der Waals surface area (Å²) in [6.07, 6.45) is 9.23. The molecule has 0 fully saturated rings. The van der Waals surface area contributed by atoms with Crippen LogP contribution in [0.2, 0.25) is 0 Å². The maximum absolute atomic E-state index is 12.6. The molecule has 1 aromatic carbocycles. The minimum Gasteiger partial charge on any atom is -0.348 e. The minimum atomic E-state index is 0.0346. The number of para-hydroxylation sites is 1. The summed E-state index contributed by atoms with van der Waals surface area (Å²) in [6, 6.07) is 14.1. The van der Waals surface area contributed by atoms with Crippen LogP contribution >= 0.6 is 0 Å². The van der Waals surface area contributed by atoms with E-state index in [9.17, 15) is 4.79 Å². The van der Waals surface area contributed by atoms with Gasteiger partial charge in [0.1, 0.15) is 0 Å². The fourth-order valence-electron chi connectivity index (χ4n) is 3.29. The van der Waals surface area contributed by atoms with E-state index in [1.54, 1.807) is 17.0 Å². The Hall–Kier alpha value is -3.08. The Morgan fingerprint density at radius 3 is 2.84 bits per heavy atom. The minimum absolute atomic E-state index is 0.0346. The molecule has 0 bridgehead atoms. The first-order valence-electron chi connectivity index (χ1n) is 8.46. The van der Waals surface area contributed by atoms with E-state index >= 15 is 0 Å². The first-order chi connectivity index (χ1) is 12.2. The third kappa shape index (κ3) is 3.01. The molecule has 0 radical (unpaired) electrons. The Kier molecular flexibility index (Phi) is 3.98. The molecule has 1 amide bonds. The van der Waals surface area contributed by atoms with Crippen molar-refractivity contribution in [1.29, 1.82) is 0 Å². The summed E-state index contributed by atoms with van der Waals surface area (Å²) in [6.45, 7) is 3.65. The molecule has 1 aliphatic rings. The summed E-state index contributed by atoms with van der Waals surface area (Å²) in [5.74, 6) is 0.0346. The Morgan fingerprint density at radius 2 is 2.00 bits per heavy atom. The molecule has 0 N–H and O–H groups in total. The van der Waals surface area contributed by atoms with Crippen LogP contribution in [0.5, 0.6) is 0 Å². The van der Waals surface area contributed by atoms with E-state index in [-0.39, 0.29) is 11.9 Å². The monoisotopic (exact) mass is 332 g/mol. The number of amides is 1. The van der Waals surface area contributed by atoms with Crippen LogP contribution in [0.15, 0.2) is 67.1 Å². The second-order valence-corrected chi connectivity index (χ2v) is 6.22. The smallest absolute Gasteiger partial charge is 0.247 e. The summed E-state index contributed by atoms with van der Waals surface area (Å²) in [5, 5.41) is 4.35. The summed E-state index contributed by atoms with van der Waals surface area (Å²) >= 11 is 0. The molecular formula is C20H20N4O. The molecule has 126 valence electrons. The zero-order chi connectivity index (χ0) is 17.2. The van der Waals surface area contributed by atoms with E-state index in [0.29, 0.717) is 0 Å². The van der Waals surface area contributed by atoms with E-state index < -0.39 is 0 Å². The number of hydrogen-bond donors (Lipinski definition) is 0. The molecule has 5 nitrogen and oxygen atoms in total. The number of aromatic nitrogens is 3. The number of rotatable bonds is 3. The van der Waals surface area contributed by atoms with Crippen LogP contribution in [-0.2, 0) is 11.3 Å². The van der Waals surface area contributed by atoms with Crippen LogP contribution in [0.25, 0.3) is 11.8 Å². The molecule has 0 aliphatic carbocycles. The predicted molar refractivity (Wildman–Crippen MR) is 97.2 cm³/mol. The van der Waals surface area contributed by atoms with E-state index in [1.807, 2.05) is 53.6 Å². The summed E-state index contributed by atoms with van der Waals surface area (Å²) in [5.41, 5.74) is 3.09.